The lowest BCUT2D eigenvalue weighted by atomic mass is 9.79. The molecule has 1 heterocycles. The van der Waals surface area contributed by atoms with E-state index in [0.29, 0.717) is 24.2 Å². The van der Waals surface area contributed by atoms with Crippen LogP contribution in [0.2, 0.25) is 0 Å². The molecular formula is C16H27N3O3. The normalized spacial score (nSPS) is 35.1. The summed E-state index contributed by atoms with van der Waals surface area (Å²) in [5.41, 5.74) is 5.43. The van der Waals surface area contributed by atoms with E-state index in [-0.39, 0.29) is 17.4 Å². The number of aliphatic hydroxyl groups excluding tert-OH is 1. The molecule has 2 saturated carbocycles. The maximum Gasteiger partial charge on any atom is 0.248 e. The van der Waals surface area contributed by atoms with Crippen LogP contribution in [-0.2, 0) is 9.59 Å². The van der Waals surface area contributed by atoms with Crippen LogP contribution < -0.4 is 16.4 Å². The van der Waals surface area contributed by atoms with Crippen LogP contribution in [-0.4, -0.2) is 41.7 Å². The molecule has 3 aliphatic rings. The van der Waals surface area contributed by atoms with E-state index in [9.17, 15) is 14.7 Å². The lowest BCUT2D eigenvalue weighted by Crippen LogP contribution is -2.55. The standard InChI is InChI=1S/C16H27N3O3/c1-16(2)9-7-18-12(11(9)16)15(22)19-10(13(20)14(17)21)6-8-4-3-5-8/h8-13,18,20H,3-7H2,1-2H3,(H2,17,21)(H,19,22). The summed E-state index contributed by atoms with van der Waals surface area (Å²) in [4.78, 5) is 23.9. The zero-order valence-electron chi connectivity index (χ0n) is 13.3. The Hall–Kier alpha value is -1.14. The molecule has 3 rings (SSSR count). The highest BCUT2D eigenvalue weighted by molar-refractivity contribution is 5.85. The number of nitrogens with one attached hydrogen (secondary N) is 2. The van der Waals surface area contributed by atoms with Gasteiger partial charge in [-0.25, -0.2) is 0 Å². The van der Waals surface area contributed by atoms with Gasteiger partial charge in [-0.05, 0) is 36.1 Å². The van der Waals surface area contributed by atoms with E-state index >= 15 is 0 Å². The molecule has 1 aliphatic heterocycles. The Morgan fingerprint density at radius 3 is 2.55 bits per heavy atom. The van der Waals surface area contributed by atoms with Gasteiger partial charge in [0, 0.05) is 0 Å². The second kappa shape index (κ2) is 5.49. The Kier molecular flexibility index (Phi) is 3.93. The van der Waals surface area contributed by atoms with Gasteiger partial charge in [0.25, 0.3) is 0 Å². The lowest BCUT2D eigenvalue weighted by Gasteiger charge is -2.32. The molecule has 2 amide bonds. The molecule has 124 valence electrons. The molecule has 0 radical (unpaired) electrons. The number of hydrogen-bond donors (Lipinski definition) is 4. The fourth-order valence-corrected chi connectivity index (χ4v) is 4.30. The first kappa shape index (κ1) is 15.7. The van der Waals surface area contributed by atoms with Crippen molar-refractivity contribution in [1.82, 2.24) is 10.6 Å². The Balaban J connectivity index is 1.62. The number of fused-ring (bicyclic) bond motifs is 1. The fourth-order valence-electron chi connectivity index (χ4n) is 4.30. The summed E-state index contributed by atoms with van der Waals surface area (Å²) in [6.07, 6.45) is 2.68. The van der Waals surface area contributed by atoms with E-state index in [1.807, 2.05) is 0 Å². The van der Waals surface area contributed by atoms with Crippen molar-refractivity contribution in [2.24, 2.45) is 28.9 Å². The number of rotatable bonds is 6. The topological polar surface area (TPSA) is 104 Å². The summed E-state index contributed by atoms with van der Waals surface area (Å²) >= 11 is 0. The van der Waals surface area contributed by atoms with Crippen molar-refractivity contribution in [1.29, 1.82) is 0 Å². The predicted molar refractivity (Wildman–Crippen MR) is 81.6 cm³/mol. The van der Waals surface area contributed by atoms with Crippen molar-refractivity contribution >= 4 is 11.8 Å². The van der Waals surface area contributed by atoms with Crippen LogP contribution in [0.25, 0.3) is 0 Å². The summed E-state index contributed by atoms with van der Waals surface area (Å²) in [5.74, 6) is 0.495. The third kappa shape index (κ3) is 2.63. The van der Waals surface area contributed by atoms with Gasteiger partial charge in [0.1, 0.15) is 0 Å². The van der Waals surface area contributed by atoms with Gasteiger partial charge in [0.15, 0.2) is 6.10 Å². The highest BCUT2D eigenvalue weighted by Crippen LogP contribution is 2.62. The van der Waals surface area contributed by atoms with Gasteiger partial charge in [-0.15, -0.1) is 0 Å². The van der Waals surface area contributed by atoms with E-state index < -0.39 is 18.1 Å². The summed E-state index contributed by atoms with van der Waals surface area (Å²) in [5, 5.41) is 16.2. The summed E-state index contributed by atoms with van der Waals surface area (Å²) in [7, 11) is 0. The van der Waals surface area contributed by atoms with Gasteiger partial charge in [0.05, 0.1) is 12.1 Å². The van der Waals surface area contributed by atoms with Crippen LogP contribution in [0.4, 0.5) is 0 Å². The van der Waals surface area contributed by atoms with E-state index in [0.717, 1.165) is 19.4 Å². The van der Waals surface area contributed by atoms with E-state index in [4.69, 9.17) is 5.73 Å². The van der Waals surface area contributed by atoms with E-state index in [1.54, 1.807) is 0 Å². The molecular weight excluding hydrogens is 282 g/mol. The molecule has 0 bridgehead atoms. The minimum atomic E-state index is -1.31. The van der Waals surface area contributed by atoms with Gasteiger partial charge in [-0.1, -0.05) is 33.1 Å². The first-order chi connectivity index (χ1) is 10.3. The van der Waals surface area contributed by atoms with Gasteiger partial charge < -0.3 is 21.5 Å². The average Bonchev–Trinajstić information content (AvgIpc) is 2.77. The Labute approximate surface area is 131 Å². The SMILES string of the molecule is CC1(C)C2CNC(C(=O)NC(CC3CCC3)C(O)C(N)=O)C21. The number of nitrogens with two attached hydrogens (primary N) is 1. The van der Waals surface area contributed by atoms with Gasteiger partial charge in [-0.2, -0.15) is 0 Å². The minimum absolute atomic E-state index is 0.109. The van der Waals surface area contributed by atoms with Crippen LogP contribution in [0.15, 0.2) is 0 Å². The van der Waals surface area contributed by atoms with Gasteiger partial charge in [-0.3, -0.25) is 9.59 Å². The smallest absolute Gasteiger partial charge is 0.248 e. The van der Waals surface area contributed by atoms with Crippen molar-refractivity contribution in [2.45, 2.75) is 57.7 Å². The molecule has 2 aliphatic carbocycles. The number of hydrogen-bond acceptors (Lipinski definition) is 4. The molecule has 0 aromatic rings. The molecule has 3 fully saturated rings. The van der Waals surface area contributed by atoms with Crippen molar-refractivity contribution in [3.63, 3.8) is 0 Å². The first-order valence-corrected chi connectivity index (χ1v) is 8.33. The average molecular weight is 309 g/mol. The third-order valence-corrected chi connectivity index (χ3v) is 6.15. The largest absolute Gasteiger partial charge is 0.381 e. The van der Waals surface area contributed by atoms with Crippen molar-refractivity contribution < 1.29 is 14.7 Å². The monoisotopic (exact) mass is 309 g/mol. The van der Waals surface area contributed by atoms with E-state index in [2.05, 4.69) is 24.5 Å². The molecule has 0 aromatic heterocycles. The second-order valence-electron chi connectivity index (χ2n) is 7.83. The molecule has 6 nitrogen and oxygen atoms in total. The minimum Gasteiger partial charge on any atom is -0.381 e. The first-order valence-electron chi connectivity index (χ1n) is 8.33. The predicted octanol–water partition coefficient (Wildman–Crippen LogP) is -0.248. The zero-order valence-corrected chi connectivity index (χ0v) is 13.3. The van der Waals surface area contributed by atoms with Crippen LogP contribution in [0.5, 0.6) is 0 Å². The molecule has 5 N–H and O–H groups in total. The number of aliphatic hydroxyl groups is 1. The summed E-state index contributed by atoms with van der Waals surface area (Å²) in [6, 6.07) is -0.790. The van der Waals surface area contributed by atoms with Crippen molar-refractivity contribution in [2.75, 3.05) is 6.54 Å². The number of primary amides is 1. The number of piperidine rings is 1. The lowest BCUT2D eigenvalue weighted by molar-refractivity contribution is -0.130. The Morgan fingerprint density at radius 2 is 2.09 bits per heavy atom. The third-order valence-electron chi connectivity index (χ3n) is 6.15. The molecule has 6 heteroatoms. The Morgan fingerprint density at radius 1 is 1.41 bits per heavy atom. The summed E-state index contributed by atoms with van der Waals surface area (Å²) < 4.78 is 0. The Bertz CT molecular complexity index is 475. The number of carbonyl (C=O) groups excluding carboxylic acids is 2. The van der Waals surface area contributed by atoms with Crippen LogP contribution in [0.3, 0.4) is 0 Å². The molecule has 1 saturated heterocycles. The number of amides is 2. The molecule has 0 aromatic carbocycles. The molecule has 5 unspecified atom stereocenters. The van der Waals surface area contributed by atoms with Crippen LogP contribution in [0.1, 0.15) is 39.5 Å². The number of carbonyl (C=O) groups is 2. The highest BCUT2D eigenvalue weighted by Gasteiger charge is 2.65. The van der Waals surface area contributed by atoms with Crippen LogP contribution in [0, 0.1) is 23.2 Å². The maximum atomic E-state index is 12.6. The van der Waals surface area contributed by atoms with Crippen LogP contribution >= 0.6 is 0 Å². The molecule has 0 spiro atoms. The second-order valence-corrected chi connectivity index (χ2v) is 7.83. The fraction of sp³-hybridized carbons (Fsp3) is 0.875. The summed E-state index contributed by atoms with van der Waals surface area (Å²) in [6.45, 7) is 5.24. The van der Waals surface area contributed by atoms with E-state index in [1.165, 1.54) is 6.42 Å². The molecule has 5 atom stereocenters. The van der Waals surface area contributed by atoms with Crippen molar-refractivity contribution in [3.05, 3.63) is 0 Å². The highest BCUT2D eigenvalue weighted by atomic mass is 16.3. The van der Waals surface area contributed by atoms with Gasteiger partial charge in [0.2, 0.25) is 11.8 Å². The maximum absolute atomic E-state index is 12.6. The molecule has 22 heavy (non-hydrogen) atoms. The van der Waals surface area contributed by atoms with Gasteiger partial charge >= 0.3 is 0 Å². The van der Waals surface area contributed by atoms with Crippen molar-refractivity contribution in [3.8, 4) is 0 Å². The zero-order chi connectivity index (χ0) is 16.1. The quantitative estimate of drug-likeness (QED) is 0.543.